The van der Waals surface area contributed by atoms with Gasteiger partial charge in [-0.2, -0.15) is 5.10 Å². The van der Waals surface area contributed by atoms with Crippen LogP contribution in [0.4, 0.5) is 18.9 Å². The number of hydrogen-bond acceptors (Lipinski definition) is 6. The lowest BCUT2D eigenvalue weighted by Gasteiger charge is -2.20. The molecule has 30 heavy (non-hydrogen) atoms. The minimum Gasteiger partial charge on any atom is -0.438 e. The largest absolute Gasteiger partial charge is 0.573 e. The molecule has 0 amide bonds. The number of sulfonamides is 1. The van der Waals surface area contributed by atoms with Crippen LogP contribution in [-0.2, 0) is 10.0 Å². The Morgan fingerprint density at radius 1 is 0.867 bits per heavy atom. The normalized spacial score (nSPS) is 11.8. The van der Waals surface area contributed by atoms with Crippen molar-refractivity contribution < 1.29 is 31.1 Å². The Kier molecular flexibility index (Phi) is 5.83. The summed E-state index contributed by atoms with van der Waals surface area (Å²) in [6.07, 6.45) is -4.86. The van der Waals surface area contributed by atoms with Crippen molar-refractivity contribution in [1.29, 1.82) is 0 Å². The van der Waals surface area contributed by atoms with Gasteiger partial charge in [-0.25, -0.2) is 8.42 Å². The Balaban J connectivity index is 1.74. The van der Waals surface area contributed by atoms with Gasteiger partial charge in [-0.15, -0.1) is 18.3 Å². The van der Waals surface area contributed by atoms with Crippen molar-refractivity contribution in [3.05, 3.63) is 66.4 Å². The molecule has 11 heteroatoms. The predicted molar refractivity (Wildman–Crippen MR) is 102 cm³/mol. The first-order chi connectivity index (χ1) is 14.0. The predicted octanol–water partition coefficient (Wildman–Crippen LogP) is 4.30. The molecule has 0 atom stereocenters. The van der Waals surface area contributed by atoms with E-state index in [2.05, 4.69) is 14.9 Å². The van der Waals surface area contributed by atoms with E-state index in [1.807, 2.05) is 0 Å². The number of benzene rings is 2. The lowest BCUT2D eigenvalue weighted by molar-refractivity contribution is -0.274. The van der Waals surface area contributed by atoms with Crippen molar-refractivity contribution in [3.8, 4) is 17.4 Å². The molecule has 2 aromatic carbocycles. The summed E-state index contributed by atoms with van der Waals surface area (Å²) in [5, 5.41) is 7.76. The molecule has 3 aromatic rings. The Morgan fingerprint density at radius 2 is 1.47 bits per heavy atom. The van der Waals surface area contributed by atoms with Crippen LogP contribution < -0.4 is 13.8 Å². The fourth-order valence-corrected chi connectivity index (χ4v) is 3.59. The summed E-state index contributed by atoms with van der Waals surface area (Å²) in [6.45, 7) is 1.79. The van der Waals surface area contributed by atoms with Crippen LogP contribution in [0.1, 0.15) is 5.69 Å². The molecular weight excluding hydrogens is 423 g/mol. The van der Waals surface area contributed by atoms with Gasteiger partial charge < -0.3 is 9.47 Å². The van der Waals surface area contributed by atoms with Gasteiger partial charge in [0.1, 0.15) is 11.5 Å². The number of anilines is 1. The van der Waals surface area contributed by atoms with Crippen LogP contribution in [0.3, 0.4) is 0 Å². The maximum Gasteiger partial charge on any atom is 0.573 e. The van der Waals surface area contributed by atoms with E-state index in [1.165, 1.54) is 19.2 Å². The van der Waals surface area contributed by atoms with Crippen LogP contribution in [0.2, 0.25) is 0 Å². The van der Waals surface area contributed by atoms with Gasteiger partial charge in [-0.05, 0) is 61.5 Å². The molecule has 1 heterocycles. The molecule has 0 radical (unpaired) electrons. The van der Waals surface area contributed by atoms with Crippen LogP contribution in [0, 0.1) is 6.92 Å². The molecule has 0 fully saturated rings. The molecule has 0 aliphatic carbocycles. The van der Waals surface area contributed by atoms with Gasteiger partial charge in [0.25, 0.3) is 10.0 Å². The first kappa shape index (κ1) is 21.4. The third kappa shape index (κ3) is 5.17. The zero-order valence-corrected chi connectivity index (χ0v) is 16.6. The van der Waals surface area contributed by atoms with E-state index in [-0.39, 0.29) is 10.8 Å². The second-order valence-corrected chi connectivity index (χ2v) is 8.07. The van der Waals surface area contributed by atoms with Crippen molar-refractivity contribution in [2.24, 2.45) is 0 Å². The fraction of sp³-hybridized carbons (Fsp3) is 0.158. The van der Waals surface area contributed by atoms with Crippen LogP contribution in [-0.4, -0.2) is 32.0 Å². The second kappa shape index (κ2) is 8.19. The first-order valence-electron chi connectivity index (χ1n) is 8.47. The summed E-state index contributed by atoms with van der Waals surface area (Å²) in [4.78, 5) is -0.185. The van der Waals surface area contributed by atoms with Gasteiger partial charge in [0.2, 0.25) is 5.88 Å². The summed E-state index contributed by atoms with van der Waals surface area (Å²) in [5.74, 6) is 0.205. The van der Waals surface area contributed by atoms with Crippen LogP contribution >= 0.6 is 0 Å². The van der Waals surface area contributed by atoms with Gasteiger partial charge in [-0.3, -0.25) is 4.31 Å². The summed E-state index contributed by atoms with van der Waals surface area (Å²) in [5.41, 5.74) is 1.07. The van der Waals surface area contributed by atoms with Gasteiger partial charge in [0.15, 0.2) is 0 Å². The highest BCUT2D eigenvalue weighted by Gasteiger charge is 2.31. The van der Waals surface area contributed by atoms with E-state index < -0.39 is 22.1 Å². The van der Waals surface area contributed by atoms with Crippen molar-refractivity contribution in [3.63, 3.8) is 0 Å². The molecule has 0 spiro atoms. The van der Waals surface area contributed by atoms with E-state index in [0.717, 1.165) is 34.3 Å². The molecule has 0 aliphatic rings. The molecule has 158 valence electrons. The lowest BCUT2D eigenvalue weighted by atomic mass is 10.3. The Hall–Kier alpha value is -3.34. The van der Waals surface area contributed by atoms with Crippen molar-refractivity contribution in [2.45, 2.75) is 18.2 Å². The summed E-state index contributed by atoms with van der Waals surface area (Å²) >= 11 is 0. The van der Waals surface area contributed by atoms with Gasteiger partial charge >= 0.3 is 6.36 Å². The third-order valence-corrected chi connectivity index (χ3v) is 5.71. The topological polar surface area (TPSA) is 81.6 Å². The lowest BCUT2D eigenvalue weighted by Crippen LogP contribution is -2.26. The quantitative estimate of drug-likeness (QED) is 0.570. The van der Waals surface area contributed by atoms with Crippen LogP contribution in [0.25, 0.3) is 0 Å². The Morgan fingerprint density at radius 3 is 2.00 bits per heavy atom. The summed E-state index contributed by atoms with van der Waals surface area (Å²) < 4.78 is 72.5. The van der Waals surface area contributed by atoms with Crippen molar-refractivity contribution >= 4 is 15.7 Å². The fourth-order valence-electron chi connectivity index (χ4n) is 2.40. The van der Waals surface area contributed by atoms with Crippen molar-refractivity contribution in [2.75, 3.05) is 11.4 Å². The van der Waals surface area contributed by atoms with Crippen LogP contribution in [0.15, 0.2) is 65.6 Å². The van der Waals surface area contributed by atoms with Crippen molar-refractivity contribution in [1.82, 2.24) is 10.2 Å². The molecule has 0 unspecified atom stereocenters. The number of aromatic nitrogens is 2. The zero-order valence-electron chi connectivity index (χ0n) is 15.8. The van der Waals surface area contributed by atoms with Crippen LogP contribution in [0.5, 0.6) is 17.4 Å². The van der Waals surface area contributed by atoms with E-state index in [0.29, 0.717) is 11.4 Å². The van der Waals surface area contributed by atoms with Gasteiger partial charge in [0, 0.05) is 13.1 Å². The average Bonchev–Trinajstić information content (AvgIpc) is 2.69. The number of ether oxygens (including phenoxy) is 2. The SMILES string of the molecule is Cc1ccc(Oc2ccc(N(C)S(=O)(=O)c3ccc(OC(F)(F)F)cc3)cc2)nn1. The molecular formula is C19H16F3N3O4S. The average molecular weight is 439 g/mol. The highest BCUT2D eigenvalue weighted by molar-refractivity contribution is 7.92. The molecule has 0 saturated heterocycles. The molecule has 0 bridgehead atoms. The molecule has 7 nitrogen and oxygen atoms in total. The number of nitrogens with zero attached hydrogens (tertiary/aromatic N) is 3. The monoisotopic (exact) mass is 439 g/mol. The zero-order chi connectivity index (χ0) is 21.9. The second-order valence-electron chi connectivity index (χ2n) is 6.10. The maximum absolute atomic E-state index is 12.8. The molecule has 0 aliphatic heterocycles. The highest BCUT2D eigenvalue weighted by atomic mass is 32.2. The van der Waals surface area contributed by atoms with Gasteiger partial charge in [0.05, 0.1) is 16.3 Å². The highest BCUT2D eigenvalue weighted by Crippen LogP contribution is 2.28. The first-order valence-corrected chi connectivity index (χ1v) is 9.91. The number of aryl methyl sites for hydroxylation is 1. The summed E-state index contributed by atoms with van der Waals surface area (Å²) in [6, 6.07) is 13.5. The standard InChI is InChI=1S/C19H16F3N3O4S/c1-13-3-12-18(24-23-13)28-15-6-4-14(5-7-15)25(2)30(26,27)17-10-8-16(9-11-17)29-19(20,21)22/h3-12H,1-2H3. The third-order valence-electron chi connectivity index (χ3n) is 3.91. The minimum absolute atomic E-state index is 0.185. The summed E-state index contributed by atoms with van der Waals surface area (Å²) in [7, 11) is -2.67. The maximum atomic E-state index is 12.8. The van der Waals surface area contributed by atoms with E-state index in [4.69, 9.17) is 4.74 Å². The minimum atomic E-state index is -4.86. The smallest absolute Gasteiger partial charge is 0.438 e. The number of halogens is 3. The number of rotatable bonds is 6. The number of alkyl halides is 3. The van der Waals surface area contributed by atoms with E-state index >= 15 is 0 Å². The van der Waals surface area contributed by atoms with Gasteiger partial charge in [-0.1, -0.05) is 0 Å². The molecule has 1 aromatic heterocycles. The molecule has 3 rings (SSSR count). The Bertz CT molecular complexity index is 1100. The molecule has 0 saturated carbocycles. The van der Waals surface area contributed by atoms with E-state index in [1.54, 1.807) is 31.2 Å². The van der Waals surface area contributed by atoms with E-state index in [9.17, 15) is 21.6 Å². The Labute approximate surface area is 170 Å². The molecule has 0 N–H and O–H groups in total. The number of hydrogen-bond donors (Lipinski definition) is 0.